The highest BCUT2D eigenvalue weighted by Crippen LogP contribution is 2.88. The Bertz CT molecular complexity index is 1140. The first kappa shape index (κ1) is 34.8. The van der Waals surface area contributed by atoms with Crippen LogP contribution in [0.3, 0.4) is 0 Å². The maximum atomic E-state index is 14.8. The Morgan fingerprint density at radius 2 is 1.53 bits per heavy atom. The lowest BCUT2D eigenvalue weighted by Crippen LogP contribution is -2.48. The normalized spacial score (nSPS) is 30.0. The highest BCUT2D eigenvalue weighted by molar-refractivity contribution is 5.94. The number of ketones is 3. The molecule has 1 N–H and O–H groups in total. The summed E-state index contributed by atoms with van der Waals surface area (Å²) in [7, 11) is 0. The Hall–Kier alpha value is -1.56. The summed E-state index contributed by atoms with van der Waals surface area (Å²) in [6.45, 7) is 15.5. The third-order valence-corrected chi connectivity index (χ3v) is 14.2. The molecule has 0 bridgehead atoms. The van der Waals surface area contributed by atoms with Crippen LogP contribution in [0.4, 0.5) is 0 Å². The van der Waals surface area contributed by atoms with E-state index in [1.165, 1.54) is 25.7 Å². The van der Waals surface area contributed by atoms with E-state index in [1.807, 2.05) is 11.8 Å². The van der Waals surface area contributed by atoms with E-state index in [9.17, 15) is 24.3 Å². The van der Waals surface area contributed by atoms with Crippen molar-refractivity contribution in [2.75, 3.05) is 6.54 Å². The molecule has 0 radical (unpaired) electrons. The predicted molar refractivity (Wildman–Crippen MR) is 177 cm³/mol. The van der Waals surface area contributed by atoms with Crippen molar-refractivity contribution < 1.29 is 24.3 Å². The number of Topliss-reactive ketones (excluding diaryl/α,β-unsaturated/α-hetero) is 3. The van der Waals surface area contributed by atoms with Crippen molar-refractivity contribution in [3.63, 3.8) is 0 Å². The second-order valence-electron chi connectivity index (χ2n) is 17.9. The average Bonchev–Trinajstić information content (AvgIpc) is 3.79. The molecule has 0 aromatic rings. The van der Waals surface area contributed by atoms with Crippen LogP contribution in [0.1, 0.15) is 151 Å². The molecule has 1 saturated heterocycles. The SMILES string of the molecule is CCC[C@H](CC(=O)[C@@H]1C[C@@]2(CN1C(=O)[C@@H](CC(=O)[C@@H](C)C1CCCCC1)C(C)(C)C)C(C)(C)C21CCC1)C(O)C(=O)CC1CC1. The predicted octanol–water partition coefficient (Wildman–Crippen LogP) is 7.73. The number of hydrogen-bond donors (Lipinski definition) is 1. The topological polar surface area (TPSA) is 91.8 Å². The van der Waals surface area contributed by atoms with Crippen molar-refractivity contribution in [2.45, 2.75) is 163 Å². The lowest BCUT2D eigenvalue weighted by atomic mass is 9.72. The van der Waals surface area contributed by atoms with Gasteiger partial charge in [-0.05, 0) is 85.4 Å². The molecular formula is C39H63NO5. The van der Waals surface area contributed by atoms with Crippen LogP contribution in [-0.4, -0.2) is 52.0 Å². The van der Waals surface area contributed by atoms with Crippen molar-refractivity contribution in [3.8, 4) is 0 Å². The number of amides is 1. The molecule has 5 aliphatic rings. The van der Waals surface area contributed by atoms with Gasteiger partial charge >= 0.3 is 0 Å². The molecule has 6 nitrogen and oxygen atoms in total. The zero-order chi connectivity index (χ0) is 32.9. The number of hydrogen-bond acceptors (Lipinski definition) is 5. The second-order valence-corrected chi connectivity index (χ2v) is 17.9. The largest absolute Gasteiger partial charge is 0.385 e. The molecule has 0 aromatic heterocycles. The Morgan fingerprint density at radius 3 is 2.04 bits per heavy atom. The summed E-state index contributed by atoms with van der Waals surface area (Å²) < 4.78 is 0. The van der Waals surface area contributed by atoms with Crippen molar-refractivity contribution in [3.05, 3.63) is 0 Å². The summed E-state index contributed by atoms with van der Waals surface area (Å²) in [5.41, 5.74) is -0.280. The van der Waals surface area contributed by atoms with Crippen LogP contribution in [0.25, 0.3) is 0 Å². The molecule has 4 aliphatic carbocycles. The van der Waals surface area contributed by atoms with Gasteiger partial charge in [-0.2, -0.15) is 0 Å². The van der Waals surface area contributed by atoms with Crippen LogP contribution in [0, 0.1) is 51.2 Å². The Balaban J connectivity index is 1.38. The Kier molecular flexibility index (Phi) is 9.89. The van der Waals surface area contributed by atoms with Crippen molar-refractivity contribution in [1.82, 2.24) is 4.90 Å². The van der Waals surface area contributed by atoms with E-state index >= 15 is 0 Å². The summed E-state index contributed by atoms with van der Waals surface area (Å²) in [6, 6.07) is -0.558. The zero-order valence-corrected chi connectivity index (χ0v) is 29.6. The maximum absolute atomic E-state index is 14.8. The van der Waals surface area contributed by atoms with E-state index in [0.717, 1.165) is 44.9 Å². The lowest BCUT2D eigenvalue weighted by molar-refractivity contribution is -0.147. The third kappa shape index (κ3) is 6.24. The van der Waals surface area contributed by atoms with Gasteiger partial charge in [0.05, 0.1) is 6.04 Å². The van der Waals surface area contributed by atoms with Gasteiger partial charge in [0.2, 0.25) is 5.91 Å². The van der Waals surface area contributed by atoms with Gasteiger partial charge in [-0.15, -0.1) is 0 Å². The fraction of sp³-hybridized carbons (Fsp3) is 0.897. The van der Waals surface area contributed by atoms with Gasteiger partial charge in [0, 0.05) is 43.1 Å². The standard InChI is InChI=1S/C39H63NO5/c1-8-13-28(34(44)33(43)20-26-16-17-26)21-32(42)30-23-39(37(6,7)38(39)18-12-19-38)24-40(30)35(45)29(36(3,4)5)22-31(41)25(2)27-14-10-9-11-15-27/h25-30,34,44H,8-24H2,1-7H3/t25-,28+,29+,30-,34?,39+/m0/s1. The van der Waals surface area contributed by atoms with Gasteiger partial charge < -0.3 is 10.0 Å². The highest BCUT2D eigenvalue weighted by atomic mass is 16.3. The molecule has 45 heavy (non-hydrogen) atoms. The molecule has 1 amide bonds. The maximum Gasteiger partial charge on any atom is 0.227 e. The minimum atomic E-state index is -1.12. The molecule has 6 heteroatoms. The van der Waals surface area contributed by atoms with Crippen LogP contribution in [0.15, 0.2) is 0 Å². The Morgan fingerprint density at radius 1 is 0.889 bits per heavy atom. The first-order chi connectivity index (χ1) is 21.1. The van der Waals surface area contributed by atoms with Crippen molar-refractivity contribution >= 4 is 23.3 Å². The van der Waals surface area contributed by atoms with Gasteiger partial charge in [0.25, 0.3) is 0 Å². The molecule has 6 atom stereocenters. The monoisotopic (exact) mass is 625 g/mol. The molecule has 5 rings (SSSR count). The summed E-state index contributed by atoms with van der Waals surface area (Å²) in [5, 5.41) is 11.1. The van der Waals surface area contributed by atoms with Gasteiger partial charge in [0.15, 0.2) is 11.6 Å². The van der Waals surface area contributed by atoms with Crippen molar-refractivity contribution in [1.29, 1.82) is 0 Å². The van der Waals surface area contributed by atoms with Gasteiger partial charge in [-0.1, -0.05) is 80.6 Å². The Labute approximate surface area is 273 Å². The first-order valence-corrected chi connectivity index (χ1v) is 18.7. The van der Waals surface area contributed by atoms with Gasteiger partial charge in [-0.3, -0.25) is 19.2 Å². The number of aliphatic hydroxyl groups excluding tert-OH is 1. The molecule has 254 valence electrons. The number of fused-ring (bicyclic) bond motifs is 1. The van der Waals surface area contributed by atoms with Crippen LogP contribution in [0.2, 0.25) is 0 Å². The number of carbonyl (C=O) groups excluding carboxylic acids is 4. The summed E-state index contributed by atoms with van der Waals surface area (Å²) in [5.74, 6) is -0.149. The smallest absolute Gasteiger partial charge is 0.227 e. The highest BCUT2D eigenvalue weighted by Gasteiger charge is 2.85. The first-order valence-electron chi connectivity index (χ1n) is 18.7. The number of nitrogens with zero attached hydrogens (tertiary/aromatic N) is 1. The molecule has 0 aromatic carbocycles. The molecular weight excluding hydrogens is 562 g/mol. The number of rotatable bonds is 14. The zero-order valence-electron chi connectivity index (χ0n) is 29.6. The minimum absolute atomic E-state index is 0.0105. The van der Waals surface area contributed by atoms with E-state index in [-0.39, 0.29) is 58.3 Å². The van der Waals surface area contributed by atoms with Gasteiger partial charge in [-0.25, -0.2) is 0 Å². The third-order valence-electron chi connectivity index (χ3n) is 14.2. The number of aliphatic hydroxyl groups is 1. The van der Waals surface area contributed by atoms with Crippen LogP contribution < -0.4 is 0 Å². The van der Waals surface area contributed by atoms with Crippen LogP contribution in [-0.2, 0) is 19.2 Å². The van der Waals surface area contributed by atoms with E-state index in [4.69, 9.17) is 0 Å². The quantitative estimate of drug-likeness (QED) is 0.213. The lowest BCUT2D eigenvalue weighted by Gasteiger charge is -2.36. The summed E-state index contributed by atoms with van der Waals surface area (Å²) in [6.07, 6.45) is 13.1. The molecule has 2 spiro atoms. The van der Waals surface area contributed by atoms with E-state index in [1.54, 1.807) is 0 Å². The van der Waals surface area contributed by atoms with E-state index in [0.29, 0.717) is 37.6 Å². The van der Waals surface area contributed by atoms with Gasteiger partial charge in [0.1, 0.15) is 11.9 Å². The molecule has 1 aliphatic heterocycles. The fourth-order valence-electron chi connectivity index (χ4n) is 10.5. The second kappa shape index (κ2) is 12.8. The van der Waals surface area contributed by atoms with E-state index < -0.39 is 29.4 Å². The van der Waals surface area contributed by atoms with Crippen molar-refractivity contribution in [2.24, 2.45) is 51.2 Å². The van der Waals surface area contributed by atoms with Crippen LogP contribution in [0.5, 0.6) is 0 Å². The molecule has 1 unspecified atom stereocenters. The van der Waals surface area contributed by atoms with Crippen LogP contribution >= 0.6 is 0 Å². The molecule has 4 saturated carbocycles. The van der Waals surface area contributed by atoms with E-state index in [2.05, 4.69) is 41.5 Å². The average molecular weight is 626 g/mol. The summed E-state index contributed by atoms with van der Waals surface area (Å²) in [4.78, 5) is 57.8. The summed E-state index contributed by atoms with van der Waals surface area (Å²) >= 11 is 0. The molecule has 5 fully saturated rings. The minimum Gasteiger partial charge on any atom is -0.385 e. The molecule has 1 heterocycles. The number of likely N-dealkylation sites (tertiary alicyclic amines) is 1. The fourth-order valence-corrected chi connectivity index (χ4v) is 10.5. The number of carbonyl (C=O) groups is 4.